The fraction of sp³-hybridized carbons (Fsp3) is 0.526. The van der Waals surface area contributed by atoms with Gasteiger partial charge in [0, 0.05) is 53.2 Å². The molecule has 1 saturated heterocycles. The van der Waals surface area contributed by atoms with Crippen LogP contribution in [0.1, 0.15) is 6.42 Å². The van der Waals surface area contributed by atoms with E-state index in [0.717, 1.165) is 0 Å². The van der Waals surface area contributed by atoms with Crippen molar-refractivity contribution in [1.82, 2.24) is 14.7 Å². The molecule has 0 saturated carbocycles. The number of carbonyl (C=O) groups is 3. The number of carbonyl (C=O) groups excluding carboxylic acids is 2. The van der Waals surface area contributed by atoms with E-state index in [4.69, 9.17) is 0 Å². The predicted molar refractivity (Wildman–Crippen MR) is 102 cm³/mol. The number of piperazine rings is 1. The number of nitrogens with zero attached hydrogens (tertiary/aromatic N) is 3. The van der Waals surface area contributed by atoms with Crippen LogP contribution in [-0.2, 0) is 14.4 Å². The van der Waals surface area contributed by atoms with Crippen LogP contribution in [0.4, 0.5) is 10.1 Å². The molecule has 0 aromatic heterocycles. The summed E-state index contributed by atoms with van der Waals surface area (Å²) < 4.78 is 13.6. The Morgan fingerprint density at radius 3 is 2.32 bits per heavy atom. The lowest BCUT2D eigenvalue weighted by molar-refractivity contribution is -0.144. The lowest BCUT2D eigenvalue weighted by Crippen LogP contribution is -2.50. The van der Waals surface area contributed by atoms with Crippen LogP contribution in [0.5, 0.6) is 0 Å². The van der Waals surface area contributed by atoms with Gasteiger partial charge in [0.05, 0.1) is 18.2 Å². The fourth-order valence-electron chi connectivity index (χ4n) is 2.99. The van der Waals surface area contributed by atoms with E-state index < -0.39 is 23.6 Å². The zero-order valence-corrected chi connectivity index (χ0v) is 16.2. The lowest BCUT2D eigenvalue weighted by Gasteiger charge is -2.35. The molecule has 9 heteroatoms. The fourth-order valence-corrected chi connectivity index (χ4v) is 2.99. The van der Waals surface area contributed by atoms with Crippen LogP contribution in [0.15, 0.2) is 24.3 Å². The SMILES string of the molecule is CN(C)C(=O)CN1CCN(CC(CC(=O)Nc2ccccc2F)C(=O)O)CC1. The number of hydrogen-bond donors (Lipinski definition) is 2. The first-order valence-corrected chi connectivity index (χ1v) is 9.18. The van der Waals surface area contributed by atoms with Gasteiger partial charge in [-0.2, -0.15) is 0 Å². The van der Waals surface area contributed by atoms with Crippen molar-refractivity contribution in [2.24, 2.45) is 5.92 Å². The molecule has 0 radical (unpaired) electrons. The minimum atomic E-state index is -1.06. The second-order valence-electron chi connectivity index (χ2n) is 7.13. The molecule has 28 heavy (non-hydrogen) atoms. The molecular formula is C19H27FN4O4. The molecule has 0 bridgehead atoms. The van der Waals surface area contributed by atoms with Crippen molar-refractivity contribution in [3.05, 3.63) is 30.1 Å². The highest BCUT2D eigenvalue weighted by Gasteiger charge is 2.27. The van der Waals surface area contributed by atoms with Crippen molar-refractivity contribution < 1.29 is 23.9 Å². The van der Waals surface area contributed by atoms with Gasteiger partial charge in [-0.3, -0.25) is 24.2 Å². The molecule has 8 nitrogen and oxygen atoms in total. The number of halogens is 1. The van der Waals surface area contributed by atoms with Crippen molar-refractivity contribution in [3.63, 3.8) is 0 Å². The number of benzene rings is 1. The van der Waals surface area contributed by atoms with Crippen molar-refractivity contribution in [2.75, 3.05) is 58.7 Å². The third-order valence-corrected chi connectivity index (χ3v) is 4.73. The Hall–Kier alpha value is -2.52. The largest absolute Gasteiger partial charge is 0.481 e. The van der Waals surface area contributed by atoms with E-state index >= 15 is 0 Å². The standard InChI is InChI=1S/C19H27FN4O4/c1-22(2)18(26)13-24-9-7-23(8-10-24)12-14(19(27)28)11-17(25)21-16-6-4-3-5-15(16)20/h3-6,14H,7-13H2,1-2H3,(H,21,25)(H,27,28). The van der Waals surface area contributed by atoms with Gasteiger partial charge in [-0.1, -0.05) is 12.1 Å². The molecule has 1 unspecified atom stereocenters. The second-order valence-corrected chi connectivity index (χ2v) is 7.13. The van der Waals surface area contributed by atoms with E-state index in [1.54, 1.807) is 25.1 Å². The van der Waals surface area contributed by atoms with Crippen molar-refractivity contribution in [2.45, 2.75) is 6.42 Å². The van der Waals surface area contributed by atoms with Crippen LogP contribution in [0, 0.1) is 11.7 Å². The van der Waals surface area contributed by atoms with Crippen LogP contribution < -0.4 is 5.32 Å². The van der Waals surface area contributed by atoms with E-state index in [9.17, 15) is 23.9 Å². The molecule has 0 spiro atoms. The molecule has 2 amide bonds. The third kappa shape index (κ3) is 6.58. The Kier molecular flexibility index (Phi) is 7.89. The first kappa shape index (κ1) is 21.8. The molecule has 1 aromatic rings. The van der Waals surface area contributed by atoms with Crippen LogP contribution in [0.2, 0.25) is 0 Å². The number of carboxylic acids is 1. The zero-order chi connectivity index (χ0) is 20.7. The van der Waals surface area contributed by atoms with E-state index in [1.165, 1.54) is 18.2 Å². The van der Waals surface area contributed by atoms with Gasteiger partial charge in [0.25, 0.3) is 0 Å². The maximum Gasteiger partial charge on any atom is 0.308 e. The van der Waals surface area contributed by atoms with Crippen LogP contribution in [0.3, 0.4) is 0 Å². The summed E-state index contributed by atoms with van der Waals surface area (Å²) in [6.07, 6.45) is -0.233. The van der Waals surface area contributed by atoms with Crippen LogP contribution in [-0.4, -0.2) is 91.0 Å². The molecule has 1 aliphatic heterocycles. The summed E-state index contributed by atoms with van der Waals surface area (Å²) in [7, 11) is 3.42. The van der Waals surface area contributed by atoms with E-state index in [0.29, 0.717) is 32.7 Å². The van der Waals surface area contributed by atoms with Gasteiger partial charge in [0.15, 0.2) is 0 Å². The van der Waals surface area contributed by atoms with Gasteiger partial charge in [0.1, 0.15) is 5.82 Å². The summed E-state index contributed by atoms with van der Waals surface area (Å²) in [5, 5.41) is 11.9. The Balaban J connectivity index is 1.83. The number of amides is 2. The maximum atomic E-state index is 13.6. The Labute approximate surface area is 163 Å². The van der Waals surface area contributed by atoms with Crippen LogP contribution >= 0.6 is 0 Å². The summed E-state index contributed by atoms with van der Waals surface area (Å²) >= 11 is 0. The highest BCUT2D eigenvalue weighted by atomic mass is 19.1. The second kappa shape index (κ2) is 10.1. The molecular weight excluding hydrogens is 367 g/mol. The minimum Gasteiger partial charge on any atom is -0.481 e. The molecule has 1 aliphatic rings. The summed E-state index contributed by atoms with van der Waals surface area (Å²) in [6, 6.07) is 5.76. The van der Waals surface area contributed by atoms with E-state index in [2.05, 4.69) is 5.32 Å². The number of rotatable bonds is 8. The van der Waals surface area contributed by atoms with E-state index in [-0.39, 0.29) is 24.6 Å². The zero-order valence-electron chi connectivity index (χ0n) is 16.2. The number of likely N-dealkylation sites (N-methyl/N-ethyl adjacent to an activating group) is 1. The predicted octanol–water partition coefficient (Wildman–Crippen LogP) is 0.561. The summed E-state index contributed by atoms with van der Waals surface area (Å²) in [6.45, 7) is 3.14. The Morgan fingerprint density at radius 2 is 1.75 bits per heavy atom. The number of aliphatic carboxylic acids is 1. The third-order valence-electron chi connectivity index (χ3n) is 4.73. The van der Waals surface area contributed by atoms with Crippen LogP contribution in [0.25, 0.3) is 0 Å². The first-order chi connectivity index (χ1) is 13.3. The number of carboxylic acid groups (broad SMARTS) is 1. The van der Waals surface area contributed by atoms with Gasteiger partial charge < -0.3 is 15.3 Å². The maximum absolute atomic E-state index is 13.6. The smallest absolute Gasteiger partial charge is 0.308 e. The molecule has 1 atom stereocenters. The molecule has 2 rings (SSSR count). The topological polar surface area (TPSA) is 93.2 Å². The normalized spacial score (nSPS) is 16.4. The average Bonchev–Trinajstić information content (AvgIpc) is 2.64. The summed E-state index contributed by atoms with van der Waals surface area (Å²) in [5.41, 5.74) is 0.0378. The van der Waals surface area contributed by atoms with Crippen molar-refractivity contribution >= 4 is 23.5 Å². The first-order valence-electron chi connectivity index (χ1n) is 9.18. The summed E-state index contributed by atoms with van der Waals surface area (Å²) in [4.78, 5) is 41.0. The average molecular weight is 394 g/mol. The molecule has 1 heterocycles. The highest BCUT2D eigenvalue weighted by molar-refractivity contribution is 5.93. The summed E-state index contributed by atoms with van der Waals surface area (Å²) in [5.74, 6) is -3.02. The van der Waals surface area contributed by atoms with Gasteiger partial charge in [0.2, 0.25) is 11.8 Å². The molecule has 1 aromatic carbocycles. The highest BCUT2D eigenvalue weighted by Crippen LogP contribution is 2.15. The molecule has 2 N–H and O–H groups in total. The van der Waals surface area contributed by atoms with E-state index in [1.807, 2.05) is 9.80 Å². The van der Waals surface area contributed by atoms with Crippen molar-refractivity contribution in [3.8, 4) is 0 Å². The van der Waals surface area contributed by atoms with Gasteiger partial charge in [-0.25, -0.2) is 4.39 Å². The monoisotopic (exact) mass is 394 g/mol. The quantitative estimate of drug-likeness (QED) is 0.669. The number of anilines is 1. The molecule has 0 aliphatic carbocycles. The number of hydrogen-bond acceptors (Lipinski definition) is 5. The Bertz CT molecular complexity index is 705. The molecule has 154 valence electrons. The number of para-hydroxylation sites is 1. The minimum absolute atomic E-state index is 0.0293. The van der Waals surface area contributed by atoms with Gasteiger partial charge >= 0.3 is 5.97 Å². The number of nitrogens with one attached hydrogen (secondary N) is 1. The molecule has 1 fully saturated rings. The lowest BCUT2D eigenvalue weighted by atomic mass is 10.0. The van der Waals surface area contributed by atoms with Gasteiger partial charge in [-0.15, -0.1) is 0 Å². The van der Waals surface area contributed by atoms with Crippen molar-refractivity contribution in [1.29, 1.82) is 0 Å². The van der Waals surface area contributed by atoms with Gasteiger partial charge in [-0.05, 0) is 12.1 Å². The Morgan fingerprint density at radius 1 is 1.14 bits per heavy atom.